The fourth-order valence-corrected chi connectivity index (χ4v) is 5.24. The summed E-state index contributed by atoms with van der Waals surface area (Å²) >= 11 is 6.55. The van der Waals surface area contributed by atoms with Crippen LogP contribution in [0.25, 0.3) is 0 Å². The second-order valence-corrected chi connectivity index (χ2v) is 9.38. The van der Waals surface area contributed by atoms with Gasteiger partial charge in [-0.05, 0) is 50.0 Å². The number of hydrogen-bond donors (Lipinski definition) is 4. The summed E-state index contributed by atoms with van der Waals surface area (Å²) in [4.78, 5) is 14.1. The van der Waals surface area contributed by atoms with Gasteiger partial charge in [-0.15, -0.1) is 11.6 Å². The van der Waals surface area contributed by atoms with Gasteiger partial charge in [-0.3, -0.25) is 15.0 Å². The SMILES string of the molecule is C=C(F)C(=O)NCC1CNC(C2CCC(C)C(Cl)C2)NC1N1CCC(CN)C1. The number of nitrogens with one attached hydrogen (secondary N) is 3. The van der Waals surface area contributed by atoms with Crippen LogP contribution in [-0.2, 0) is 4.79 Å². The van der Waals surface area contributed by atoms with Gasteiger partial charge >= 0.3 is 0 Å². The quantitative estimate of drug-likeness (QED) is 0.389. The summed E-state index contributed by atoms with van der Waals surface area (Å²) < 4.78 is 13.0. The standard InChI is InChI=1S/C20H35ClFN5O/c1-12-3-4-15(7-17(12)21)18-24-9-16(10-25-20(28)13(2)22)19(26-18)27-6-5-14(8-23)11-27/h12,14-19,24,26H,2-11,23H2,1H3,(H,25,28). The average Bonchev–Trinajstić information content (AvgIpc) is 3.17. The average molecular weight is 416 g/mol. The summed E-state index contributed by atoms with van der Waals surface area (Å²) in [6, 6.07) is 0. The zero-order chi connectivity index (χ0) is 20.3. The van der Waals surface area contributed by atoms with Crippen molar-refractivity contribution in [1.29, 1.82) is 0 Å². The lowest BCUT2D eigenvalue weighted by molar-refractivity contribution is -0.119. The number of nitrogens with zero attached hydrogens (tertiary/aromatic N) is 1. The first-order chi connectivity index (χ1) is 13.4. The Morgan fingerprint density at radius 1 is 1.39 bits per heavy atom. The van der Waals surface area contributed by atoms with E-state index in [0.717, 1.165) is 45.3 Å². The number of rotatable bonds is 6. The molecule has 160 valence electrons. The lowest BCUT2D eigenvalue weighted by atomic mass is 9.80. The smallest absolute Gasteiger partial charge is 0.279 e. The molecular weight excluding hydrogens is 381 g/mol. The van der Waals surface area contributed by atoms with Crippen molar-refractivity contribution in [2.24, 2.45) is 29.4 Å². The van der Waals surface area contributed by atoms with Crippen LogP contribution in [0, 0.1) is 23.7 Å². The van der Waals surface area contributed by atoms with Crippen molar-refractivity contribution in [3.05, 3.63) is 12.4 Å². The molecule has 1 aliphatic carbocycles. The van der Waals surface area contributed by atoms with E-state index in [2.05, 4.69) is 34.4 Å². The van der Waals surface area contributed by atoms with Crippen LogP contribution >= 0.6 is 11.6 Å². The molecule has 3 rings (SSSR count). The van der Waals surface area contributed by atoms with Gasteiger partial charge in [0, 0.05) is 37.5 Å². The third kappa shape index (κ3) is 5.25. The Balaban J connectivity index is 1.64. The molecule has 1 saturated carbocycles. The van der Waals surface area contributed by atoms with E-state index >= 15 is 0 Å². The van der Waals surface area contributed by atoms with Gasteiger partial charge in [0.25, 0.3) is 5.91 Å². The zero-order valence-corrected chi connectivity index (χ0v) is 17.6. The maximum atomic E-state index is 13.0. The number of likely N-dealkylation sites (tertiary alicyclic amines) is 1. The van der Waals surface area contributed by atoms with E-state index in [9.17, 15) is 9.18 Å². The van der Waals surface area contributed by atoms with E-state index in [-0.39, 0.29) is 23.6 Å². The van der Waals surface area contributed by atoms with Crippen LogP contribution in [0.15, 0.2) is 12.4 Å². The highest BCUT2D eigenvalue weighted by Gasteiger charge is 2.40. The molecule has 28 heavy (non-hydrogen) atoms. The van der Waals surface area contributed by atoms with Crippen LogP contribution in [0.1, 0.15) is 32.6 Å². The Kier molecular flexibility index (Phi) is 7.73. The van der Waals surface area contributed by atoms with Crippen molar-refractivity contribution >= 4 is 17.5 Å². The highest BCUT2D eigenvalue weighted by molar-refractivity contribution is 6.20. The molecule has 1 amide bonds. The summed E-state index contributed by atoms with van der Waals surface area (Å²) in [7, 11) is 0. The lowest BCUT2D eigenvalue weighted by Crippen LogP contribution is -2.67. The van der Waals surface area contributed by atoms with Gasteiger partial charge in [0.05, 0.1) is 12.3 Å². The number of carbonyl (C=O) groups is 1. The molecule has 0 spiro atoms. The maximum absolute atomic E-state index is 13.0. The van der Waals surface area contributed by atoms with E-state index in [1.165, 1.54) is 0 Å². The van der Waals surface area contributed by atoms with Crippen molar-refractivity contribution in [3.63, 3.8) is 0 Å². The van der Waals surface area contributed by atoms with Crippen LogP contribution in [0.5, 0.6) is 0 Å². The summed E-state index contributed by atoms with van der Waals surface area (Å²) in [6.45, 7) is 9.13. The van der Waals surface area contributed by atoms with Gasteiger partial charge in [0.2, 0.25) is 0 Å². The Labute approximate surface area is 172 Å². The first-order valence-electron chi connectivity index (χ1n) is 10.6. The van der Waals surface area contributed by atoms with Crippen LogP contribution in [-0.4, -0.2) is 61.2 Å². The monoisotopic (exact) mass is 415 g/mol. The predicted octanol–water partition coefficient (Wildman–Crippen LogP) is 1.37. The van der Waals surface area contributed by atoms with Gasteiger partial charge in [-0.1, -0.05) is 13.5 Å². The Morgan fingerprint density at radius 3 is 2.82 bits per heavy atom. The molecule has 2 aliphatic heterocycles. The van der Waals surface area contributed by atoms with E-state index in [1.54, 1.807) is 0 Å². The van der Waals surface area contributed by atoms with Gasteiger partial charge in [-0.2, -0.15) is 0 Å². The molecule has 0 aromatic heterocycles. The summed E-state index contributed by atoms with van der Waals surface area (Å²) in [6.07, 6.45) is 4.76. The minimum Gasteiger partial charge on any atom is -0.350 e. The number of nitrogens with two attached hydrogens (primary N) is 1. The molecule has 0 bridgehead atoms. The Hall–Kier alpha value is -0.730. The second-order valence-electron chi connectivity index (χ2n) is 8.82. The molecule has 0 aromatic carbocycles. The van der Waals surface area contributed by atoms with Gasteiger partial charge < -0.3 is 16.4 Å². The van der Waals surface area contributed by atoms with Gasteiger partial charge in [0.15, 0.2) is 5.83 Å². The Morgan fingerprint density at radius 2 is 2.18 bits per heavy atom. The zero-order valence-electron chi connectivity index (χ0n) is 16.8. The highest BCUT2D eigenvalue weighted by Crippen LogP contribution is 2.35. The van der Waals surface area contributed by atoms with E-state index in [0.29, 0.717) is 30.8 Å². The number of carbonyl (C=O) groups excluding carboxylic acids is 1. The summed E-state index contributed by atoms with van der Waals surface area (Å²) in [5, 5.41) is 10.3. The van der Waals surface area contributed by atoms with E-state index in [1.807, 2.05) is 0 Å². The minimum atomic E-state index is -0.944. The largest absolute Gasteiger partial charge is 0.350 e. The third-order valence-electron chi connectivity index (χ3n) is 6.82. The van der Waals surface area contributed by atoms with Crippen molar-refractivity contribution < 1.29 is 9.18 Å². The summed E-state index contributed by atoms with van der Waals surface area (Å²) in [5.41, 5.74) is 5.88. The molecular formula is C20H35ClFN5O. The second kappa shape index (κ2) is 9.85. The summed E-state index contributed by atoms with van der Waals surface area (Å²) in [5.74, 6) is 0.0470. The van der Waals surface area contributed by atoms with Crippen LogP contribution in [0.4, 0.5) is 4.39 Å². The number of alkyl halides is 1. The normalized spacial score (nSPS) is 39.6. The molecule has 6 nitrogen and oxygen atoms in total. The molecule has 7 atom stereocenters. The molecule has 8 heteroatoms. The minimum absolute atomic E-state index is 0.129. The topological polar surface area (TPSA) is 82.4 Å². The molecule has 3 fully saturated rings. The molecule has 2 heterocycles. The first-order valence-corrected chi connectivity index (χ1v) is 11.0. The molecule has 7 unspecified atom stereocenters. The number of halogens is 2. The van der Waals surface area contributed by atoms with Gasteiger partial charge in [0.1, 0.15) is 0 Å². The van der Waals surface area contributed by atoms with E-state index < -0.39 is 11.7 Å². The highest BCUT2D eigenvalue weighted by atomic mass is 35.5. The Bertz CT molecular complexity index is 565. The van der Waals surface area contributed by atoms with Crippen LogP contribution in [0.3, 0.4) is 0 Å². The van der Waals surface area contributed by atoms with E-state index in [4.69, 9.17) is 17.3 Å². The van der Waals surface area contributed by atoms with Crippen molar-refractivity contribution in [2.45, 2.75) is 50.3 Å². The number of amides is 1. The molecule has 3 aliphatic rings. The molecule has 2 saturated heterocycles. The number of hydrogen-bond acceptors (Lipinski definition) is 5. The molecule has 0 radical (unpaired) electrons. The van der Waals surface area contributed by atoms with Crippen molar-refractivity contribution in [2.75, 3.05) is 32.7 Å². The fourth-order valence-electron chi connectivity index (χ4n) is 4.89. The fraction of sp³-hybridized carbons (Fsp3) is 0.850. The van der Waals surface area contributed by atoms with Gasteiger partial charge in [-0.25, -0.2) is 4.39 Å². The predicted molar refractivity (Wildman–Crippen MR) is 110 cm³/mol. The molecule has 5 N–H and O–H groups in total. The van der Waals surface area contributed by atoms with Crippen LogP contribution in [0.2, 0.25) is 0 Å². The molecule has 0 aromatic rings. The lowest BCUT2D eigenvalue weighted by Gasteiger charge is -2.47. The third-order valence-corrected chi connectivity index (χ3v) is 7.43. The maximum Gasteiger partial charge on any atom is 0.279 e. The first kappa shape index (κ1) is 22.0. The van der Waals surface area contributed by atoms with Crippen LogP contribution < -0.4 is 21.7 Å². The van der Waals surface area contributed by atoms with Crippen molar-refractivity contribution in [1.82, 2.24) is 20.9 Å². The van der Waals surface area contributed by atoms with Crippen molar-refractivity contribution in [3.8, 4) is 0 Å².